The quantitative estimate of drug-likeness (QED) is 0.599. The minimum atomic E-state index is -3.65. The molecule has 5 heteroatoms. The molecule has 1 aromatic rings. The number of benzene rings is 1. The molecule has 1 aromatic carbocycles. The molecular formula is C11H15O3S2. The van der Waals surface area contributed by atoms with Crippen LogP contribution in [0.15, 0.2) is 29.2 Å². The first-order valence-electron chi connectivity index (χ1n) is 4.95. The molecule has 1 atom stereocenters. The highest BCUT2D eigenvalue weighted by Gasteiger charge is 2.24. The second-order valence-corrected chi connectivity index (χ2v) is 8.36. The third-order valence-electron chi connectivity index (χ3n) is 2.24. The van der Waals surface area contributed by atoms with E-state index in [9.17, 15) is 13.0 Å². The van der Waals surface area contributed by atoms with E-state index in [4.69, 9.17) is 0 Å². The van der Waals surface area contributed by atoms with Gasteiger partial charge in [-0.25, -0.2) is 0 Å². The Morgan fingerprint density at radius 1 is 1.31 bits per heavy atom. The highest BCUT2D eigenvalue weighted by Crippen LogP contribution is 2.17. The van der Waals surface area contributed by atoms with Gasteiger partial charge in [-0.3, -0.25) is 0 Å². The normalized spacial score (nSPS) is 13.7. The zero-order valence-corrected chi connectivity index (χ0v) is 10.8. The molecule has 1 rings (SSSR count). The molecule has 1 unspecified atom stereocenters. The SMILES string of the molecule is [CH2]CCCc1ccc(S(=O)(=O)[S+](C)[O-])cc1. The van der Waals surface area contributed by atoms with Crippen molar-refractivity contribution in [3.05, 3.63) is 36.8 Å². The molecule has 0 bridgehead atoms. The Hall–Kier alpha value is -0.520. The molecule has 1 radical (unpaired) electrons. The Morgan fingerprint density at radius 3 is 2.31 bits per heavy atom. The van der Waals surface area contributed by atoms with Crippen LogP contribution in [0, 0.1) is 6.92 Å². The van der Waals surface area contributed by atoms with Gasteiger partial charge in [-0.1, -0.05) is 25.5 Å². The van der Waals surface area contributed by atoms with Gasteiger partial charge >= 0.3 is 8.87 Å². The summed E-state index contributed by atoms with van der Waals surface area (Å²) in [6.07, 6.45) is 3.90. The maximum absolute atomic E-state index is 11.5. The van der Waals surface area contributed by atoms with E-state index in [0.29, 0.717) is 0 Å². The van der Waals surface area contributed by atoms with Gasteiger partial charge in [0.15, 0.2) is 0 Å². The summed E-state index contributed by atoms with van der Waals surface area (Å²) in [6, 6.07) is 6.54. The van der Waals surface area contributed by atoms with E-state index < -0.39 is 19.1 Å². The van der Waals surface area contributed by atoms with E-state index in [1.807, 2.05) is 0 Å². The van der Waals surface area contributed by atoms with E-state index >= 15 is 0 Å². The van der Waals surface area contributed by atoms with Gasteiger partial charge in [-0.2, -0.15) is 8.42 Å². The number of unbranched alkanes of at least 4 members (excludes halogenated alkanes) is 1. The van der Waals surface area contributed by atoms with Crippen LogP contribution in [0.4, 0.5) is 0 Å². The van der Waals surface area contributed by atoms with Crippen LogP contribution in [0.2, 0.25) is 0 Å². The Labute approximate surface area is 99.4 Å². The van der Waals surface area contributed by atoms with Gasteiger partial charge in [0.1, 0.15) is 11.2 Å². The van der Waals surface area contributed by atoms with E-state index in [0.717, 1.165) is 24.8 Å². The van der Waals surface area contributed by atoms with Crippen LogP contribution < -0.4 is 0 Å². The fourth-order valence-corrected chi connectivity index (χ4v) is 3.17. The van der Waals surface area contributed by atoms with Crippen LogP contribution >= 0.6 is 0 Å². The van der Waals surface area contributed by atoms with Gasteiger partial charge in [-0.15, -0.1) is 0 Å². The van der Waals surface area contributed by atoms with Crippen molar-refractivity contribution in [3.63, 3.8) is 0 Å². The molecular weight excluding hydrogens is 244 g/mol. The van der Waals surface area contributed by atoms with Crippen LogP contribution in [0.1, 0.15) is 18.4 Å². The first kappa shape index (κ1) is 13.5. The summed E-state index contributed by atoms with van der Waals surface area (Å²) in [5, 5.41) is 0. The van der Waals surface area contributed by atoms with Crippen molar-refractivity contribution in [2.24, 2.45) is 0 Å². The first-order chi connectivity index (χ1) is 7.48. The molecule has 0 heterocycles. The molecule has 3 nitrogen and oxygen atoms in total. The molecule has 0 saturated carbocycles. The monoisotopic (exact) mass is 259 g/mol. The number of hydrogen-bond acceptors (Lipinski definition) is 3. The highest BCUT2D eigenvalue weighted by atomic mass is 33.2. The van der Waals surface area contributed by atoms with Gasteiger partial charge in [0, 0.05) is 0 Å². The van der Waals surface area contributed by atoms with Crippen LogP contribution in [-0.2, 0) is 25.5 Å². The fraction of sp³-hybridized carbons (Fsp3) is 0.364. The number of aryl methyl sites for hydroxylation is 1. The van der Waals surface area contributed by atoms with Gasteiger partial charge < -0.3 is 4.55 Å². The van der Waals surface area contributed by atoms with Gasteiger partial charge in [-0.05, 0) is 30.5 Å². The Kier molecular flexibility index (Phi) is 4.83. The van der Waals surface area contributed by atoms with Crippen molar-refractivity contribution in [1.82, 2.24) is 0 Å². The second-order valence-electron chi connectivity index (χ2n) is 3.46. The lowest BCUT2D eigenvalue weighted by atomic mass is 10.1. The third kappa shape index (κ3) is 3.23. The summed E-state index contributed by atoms with van der Waals surface area (Å²) >= 11 is 0. The summed E-state index contributed by atoms with van der Waals surface area (Å²) in [4.78, 5) is 0.117. The number of hydrogen-bond donors (Lipinski definition) is 0. The summed E-state index contributed by atoms with van der Waals surface area (Å²) in [5.74, 6) is 0. The molecule has 0 amide bonds. The molecule has 0 fully saturated rings. The predicted octanol–water partition coefficient (Wildman–Crippen LogP) is 1.91. The topological polar surface area (TPSA) is 57.2 Å². The van der Waals surface area contributed by atoms with Gasteiger partial charge in [0.25, 0.3) is 0 Å². The van der Waals surface area contributed by atoms with Crippen LogP contribution in [0.25, 0.3) is 0 Å². The minimum Gasteiger partial charge on any atom is -0.601 e. The zero-order valence-electron chi connectivity index (χ0n) is 9.18. The lowest BCUT2D eigenvalue weighted by molar-refractivity contribution is 0.585. The first-order valence-corrected chi connectivity index (χ1v) is 8.51. The van der Waals surface area contributed by atoms with Gasteiger partial charge in [0.2, 0.25) is 0 Å². The zero-order chi connectivity index (χ0) is 12.2. The largest absolute Gasteiger partial charge is 0.601 e. The molecule has 0 aliphatic carbocycles. The van der Waals surface area contributed by atoms with E-state index in [-0.39, 0.29) is 4.90 Å². The molecule has 16 heavy (non-hydrogen) atoms. The third-order valence-corrected chi connectivity index (χ3v) is 6.14. The average Bonchev–Trinajstić information content (AvgIpc) is 2.26. The van der Waals surface area contributed by atoms with E-state index in [1.54, 1.807) is 12.1 Å². The second kappa shape index (κ2) is 5.70. The van der Waals surface area contributed by atoms with Crippen LogP contribution in [-0.4, -0.2) is 19.2 Å². The summed E-state index contributed by atoms with van der Waals surface area (Å²) in [5.41, 5.74) is 1.07. The molecule has 0 aliphatic rings. The van der Waals surface area contributed by atoms with Crippen molar-refractivity contribution >= 4 is 19.1 Å². The van der Waals surface area contributed by atoms with Crippen LogP contribution in [0.5, 0.6) is 0 Å². The minimum absolute atomic E-state index is 0.117. The molecule has 89 valence electrons. The van der Waals surface area contributed by atoms with Crippen molar-refractivity contribution in [2.45, 2.75) is 24.2 Å². The standard InChI is InChI=1S/C11H15O3S2/c1-3-4-5-10-6-8-11(9-7-10)16(13,14)15(2)12/h6-9H,1,3-5H2,2H3. The van der Waals surface area contributed by atoms with Crippen molar-refractivity contribution in [1.29, 1.82) is 0 Å². The summed E-state index contributed by atoms with van der Waals surface area (Å²) in [7, 11) is -5.53. The Morgan fingerprint density at radius 2 is 1.88 bits per heavy atom. The smallest absolute Gasteiger partial charge is 0.342 e. The molecule has 0 aromatic heterocycles. The van der Waals surface area contributed by atoms with Gasteiger partial charge in [0.05, 0.1) is 10.2 Å². The van der Waals surface area contributed by atoms with Crippen LogP contribution in [0.3, 0.4) is 0 Å². The highest BCUT2D eigenvalue weighted by molar-refractivity contribution is 8.66. The van der Waals surface area contributed by atoms with Crippen molar-refractivity contribution < 1.29 is 13.0 Å². The fourth-order valence-electron chi connectivity index (χ4n) is 1.29. The van der Waals surface area contributed by atoms with Crippen molar-refractivity contribution in [3.8, 4) is 0 Å². The van der Waals surface area contributed by atoms with E-state index in [1.165, 1.54) is 18.4 Å². The Balaban J connectivity index is 2.87. The maximum atomic E-state index is 11.5. The van der Waals surface area contributed by atoms with Crippen molar-refractivity contribution in [2.75, 3.05) is 6.26 Å². The molecule has 0 spiro atoms. The predicted molar refractivity (Wildman–Crippen MR) is 66.0 cm³/mol. The lowest BCUT2D eigenvalue weighted by Gasteiger charge is -2.06. The average molecular weight is 259 g/mol. The van der Waals surface area contributed by atoms with E-state index in [2.05, 4.69) is 6.92 Å². The summed E-state index contributed by atoms with van der Waals surface area (Å²) < 4.78 is 34.1. The molecule has 0 saturated heterocycles. The molecule has 0 N–H and O–H groups in total. The molecule has 0 aliphatic heterocycles. The summed E-state index contributed by atoms with van der Waals surface area (Å²) in [6.45, 7) is 3.74. The lowest BCUT2D eigenvalue weighted by Crippen LogP contribution is -2.13. The Bertz CT molecular complexity index is 421. The maximum Gasteiger partial charge on any atom is 0.342 e. The number of rotatable bonds is 5.